The van der Waals surface area contributed by atoms with Crippen molar-refractivity contribution in [2.24, 2.45) is 0 Å². The van der Waals surface area contributed by atoms with Gasteiger partial charge in [0.25, 0.3) is 0 Å². The molecule has 1 fully saturated rings. The van der Waals surface area contributed by atoms with Crippen LogP contribution in [0.25, 0.3) is 0 Å². The van der Waals surface area contributed by atoms with Gasteiger partial charge in [0.2, 0.25) is 0 Å². The Labute approximate surface area is 90.3 Å². The van der Waals surface area contributed by atoms with Gasteiger partial charge in [0.05, 0.1) is 6.10 Å². The van der Waals surface area contributed by atoms with Crippen molar-refractivity contribution in [3.63, 3.8) is 0 Å². The molecule has 1 aliphatic rings. The summed E-state index contributed by atoms with van der Waals surface area (Å²) in [5.74, 6) is 0.494. The van der Waals surface area contributed by atoms with E-state index in [9.17, 15) is 4.39 Å². The summed E-state index contributed by atoms with van der Waals surface area (Å²) in [6.45, 7) is 1.76. The van der Waals surface area contributed by atoms with E-state index in [4.69, 9.17) is 4.74 Å². The van der Waals surface area contributed by atoms with Crippen LogP contribution in [-0.2, 0) is 0 Å². The van der Waals surface area contributed by atoms with E-state index in [1.807, 2.05) is 6.07 Å². The number of aryl methyl sites for hydroxylation is 1. The highest BCUT2D eigenvalue weighted by atomic mass is 19.1. The molecular weight excluding hydrogens is 191 g/mol. The van der Waals surface area contributed by atoms with Crippen molar-refractivity contribution in [1.82, 2.24) is 0 Å². The van der Waals surface area contributed by atoms with Gasteiger partial charge in [0.15, 0.2) is 0 Å². The maximum atomic E-state index is 13.3. The Hall–Kier alpha value is -1.05. The lowest BCUT2D eigenvalue weighted by molar-refractivity contribution is 0.154. The molecule has 1 aromatic carbocycles. The van der Waals surface area contributed by atoms with E-state index in [1.165, 1.54) is 25.3 Å². The number of hydrogen-bond donors (Lipinski definition) is 0. The molecule has 0 aliphatic heterocycles. The van der Waals surface area contributed by atoms with Gasteiger partial charge in [-0.1, -0.05) is 12.5 Å². The van der Waals surface area contributed by atoms with Crippen molar-refractivity contribution in [2.45, 2.75) is 45.1 Å². The van der Waals surface area contributed by atoms with Crippen molar-refractivity contribution in [3.8, 4) is 5.75 Å². The van der Waals surface area contributed by atoms with Crippen LogP contribution in [-0.4, -0.2) is 6.10 Å². The minimum atomic E-state index is -0.177. The molecular formula is C13H17FO. The number of ether oxygens (including phenoxy) is 1. The highest BCUT2D eigenvalue weighted by molar-refractivity contribution is 5.28. The highest BCUT2D eigenvalue weighted by Gasteiger charge is 2.15. The molecule has 1 saturated carbocycles. The fourth-order valence-corrected chi connectivity index (χ4v) is 2.02. The molecule has 0 atom stereocenters. The lowest BCUT2D eigenvalue weighted by Crippen LogP contribution is -2.19. The third-order valence-corrected chi connectivity index (χ3v) is 3.00. The largest absolute Gasteiger partial charge is 0.490 e. The van der Waals surface area contributed by atoms with Crippen LogP contribution in [0.1, 0.15) is 37.7 Å². The molecule has 1 nitrogen and oxygen atoms in total. The zero-order valence-electron chi connectivity index (χ0n) is 9.13. The first-order chi connectivity index (χ1) is 7.25. The van der Waals surface area contributed by atoms with Crippen LogP contribution in [0.15, 0.2) is 18.2 Å². The second-order valence-corrected chi connectivity index (χ2v) is 4.29. The molecule has 82 valence electrons. The van der Waals surface area contributed by atoms with Crippen molar-refractivity contribution in [1.29, 1.82) is 0 Å². The summed E-state index contributed by atoms with van der Waals surface area (Å²) in [5.41, 5.74) is 0.672. The summed E-state index contributed by atoms with van der Waals surface area (Å²) in [7, 11) is 0. The first-order valence-electron chi connectivity index (χ1n) is 5.68. The highest BCUT2D eigenvalue weighted by Crippen LogP contribution is 2.24. The van der Waals surface area contributed by atoms with Gasteiger partial charge in [0, 0.05) is 6.07 Å². The number of rotatable bonds is 2. The molecule has 0 unspecified atom stereocenters. The van der Waals surface area contributed by atoms with Crippen LogP contribution in [0.4, 0.5) is 4.39 Å². The number of benzene rings is 1. The van der Waals surface area contributed by atoms with E-state index >= 15 is 0 Å². The summed E-state index contributed by atoms with van der Waals surface area (Å²) in [4.78, 5) is 0. The molecule has 2 heteroatoms. The maximum absolute atomic E-state index is 13.3. The molecule has 0 saturated heterocycles. The fraction of sp³-hybridized carbons (Fsp3) is 0.538. The predicted molar refractivity (Wildman–Crippen MR) is 58.6 cm³/mol. The Balaban J connectivity index is 2.00. The molecule has 0 aromatic heterocycles. The molecule has 1 aliphatic carbocycles. The first kappa shape index (κ1) is 10.5. The zero-order valence-corrected chi connectivity index (χ0v) is 9.13. The van der Waals surface area contributed by atoms with Gasteiger partial charge in [0.1, 0.15) is 11.6 Å². The lowest BCUT2D eigenvalue weighted by atomic mass is 9.98. The molecule has 15 heavy (non-hydrogen) atoms. The molecule has 0 spiro atoms. The molecule has 0 radical (unpaired) electrons. The van der Waals surface area contributed by atoms with E-state index in [1.54, 1.807) is 13.0 Å². The van der Waals surface area contributed by atoms with Gasteiger partial charge < -0.3 is 4.74 Å². The van der Waals surface area contributed by atoms with Gasteiger partial charge in [-0.15, -0.1) is 0 Å². The zero-order chi connectivity index (χ0) is 10.7. The third-order valence-electron chi connectivity index (χ3n) is 3.00. The Bertz CT molecular complexity index is 329. The minimum absolute atomic E-state index is 0.177. The molecule has 0 N–H and O–H groups in total. The average molecular weight is 208 g/mol. The maximum Gasteiger partial charge on any atom is 0.129 e. The standard InChI is InChI=1S/C13H17FO/c1-10-7-8-12(9-13(10)14)15-11-5-3-2-4-6-11/h7-9,11H,2-6H2,1H3. The molecule has 2 rings (SSSR count). The second kappa shape index (κ2) is 4.65. The van der Waals surface area contributed by atoms with Gasteiger partial charge in [-0.25, -0.2) is 4.39 Å². The van der Waals surface area contributed by atoms with Crippen LogP contribution in [0.5, 0.6) is 5.75 Å². The number of halogens is 1. The van der Waals surface area contributed by atoms with Gasteiger partial charge >= 0.3 is 0 Å². The Kier molecular flexibility index (Phi) is 3.24. The normalized spacial score (nSPS) is 17.7. The Morgan fingerprint density at radius 2 is 1.93 bits per heavy atom. The smallest absolute Gasteiger partial charge is 0.129 e. The van der Waals surface area contributed by atoms with Crippen molar-refractivity contribution in [3.05, 3.63) is 29.6 Å². The van der Waals surface area contributed by atoms with Gasteiger partial charge in [-0.3, -0.25) is 0 Å². The first-order valence-corrected chi connectivity index (χ1v) is 5.68. The SMILES string of the molecule is Cc1ccc(OC2CCCCC2)cc1F. The Morgan fingerprint density at radius 1 is 1.20 bits per heavy atom. The third kappa shape index (κ3) is 2.71. The monoisotopic (exact) mass is 208 g/mol. The van der Waals surface area contributed by atoms with Gasteiger partial charge in [-0.2, -0.15) is 0 Å². The molecule has 0 amide bonds. The van der Waals surface area contributed by atoms with Crippen LogP contribution >= 0.6 is 0 Å². The minimum Gasteiger partial charge on any atom is -0.490 e. The van der Waals surface area contributed by atoms with Crippen LogP contribution in [0.2, 0.25) is 0 Å². The van der Waals surface area contributed by atoms with Gasteiger partial charge in [-0.05, 0) is 44.2 Å². The average Bonchev–Trinajstić information content (AvgIpc) is 2.25. The van der Waals surface area contributed by atoms with Crippen LogP contribution < -0.4 is 4.74 Å². The van der Waals surface area contributed by atoms with E-state index in [0.29, 0.717) is 17.4 Å². The van der Waals surface area contributed by atoms with Crippen LogP contribution in [0, 0.1) is 12.7 Å². The van der Waals surface area contributed by atoms with Crippen LogP contribution in [0.3, 0.4) is 0 Å². The summed E-state index contributed by atoms with van der Waals surface area (Å²) >= 11 is 0. The molecule has 1 aromatic rings. The van der Waals surface area contributed by atoms with E-state index < -0.39 is 0 Å². The predicted octanol–water partition coefficient (Wildman–Crippen LogP) is 3.85. The summed E-state index contributed by atoms with van der Waals surface area (Å²) < 4.78 is 19.0. The van der Waals surface area contributed by atoms with E-state index in [-0.39, 0.29) is 5.82 Å². The van der Waals surface area contributed by atoms with Crippen molar-refractivity contribution >= 4 is 0 Å². The van der Waals surface area contributed by atoms with E-state index in [0.717, 1.165) is 12.8 Å². The van der Waals surface area contributed by atoms with Crippen molar-refractivity contribution in [2.75, 3.05) is 0 Å². The topological polar surface area (TPSA) is 9.23 Å². The quantitative estimate of drug-likeness (QED) is 0.717. The summed E-state index contributed by atoms with van der Waals surface area (Å²) in [5, 5.41) is 0. The molecule has 0 heterocycles. The van der Waals surface area contributed by atoms with Crippen molar-refractivity contribution < 1.29 is 9.13 Å². The summed E-state index contributed by atoms with van der Waals surface area (Å²) in [6, 6.07) is 5.12. The van der Waals surface area contributed by atoms with E-state index in [2.05, 4.69) is 0 Å². The second-order valence-electron chi connectivity index (χ2n) is 4.29. The summed E-state index contributed by atoms with van der Waals surface area (Å²) in [6.07, 6.45) is 6.28. The number of hydrogen-bond acceptors (Lipinski definition) is 1. The molecule has 0 bridgehead atoms. The lowest BCUT2D eigenvalue weighted by Gasteiger charge is -2.23. The fourth-order valence-electron chi connectivity index (χ4n) is 2.02. The Morgan fingerprint density at radius 3 is 2.60 bits per heavy atom.